The Morgan fingerprint density at radius 3 is 2.90 bits per heavy atom. The Bertz CT molecular complexity index is 443. The molecular formula is C17H29N3O. The highest BCUT2D eigenvalue weighted by atomic mass is 16.5. The molecule has 1 aromatic rings. The van der Waals surface area contributed by atoms with Crippen molar-refractivity contribution in [3.05, 3.63) is 18.0 Å². The zero-order valence-corrected chi connectivity index (χ0v) is 13.5. The largest absolute Gasteiger partial charge is 0.381 e. The Labute approximate surface area is 128 Å². The van der Waals surface area contributed by atoms with Gasteiger partial charge >= 0.3 is 0 Å². The van der Waals surface area contributed by atoms with Crippen molar-refractivity contribution in [3.63, 3.8) is 0 Å². The molecule has 1 unspecified atom stereocenters. The van der Waals surface area contributed by atoms with E-state index in [9.17, 15) is 0 Å². The molecule has 1 atom stereocenters. The smallest absolute Gasteiger partial charge is 0.0631 e. The fraction of sp³-hybridized carbons (Fsp3) is 0.824. The second-order valence-corrected chi connectivity index (χ2v) is 7.24. The fourth-order valence-corrected chi connectivity index (χ4v) is 3.64. The summed E-state index contributed by atoms with van der Waals surface area (Å²) in [6.45, 7) is 7.20. The fourth-order valence-electron chi connectivity index (χ4n) is 3.64. The highest BCUT2D eigenvalue weighted by Crippen LogP contribution is 2.33. The SMILES string of the molecule is CC(C)NCC1(Cc2ccn(C3CCCC3)n2)CCOC1. The molecule has 0 spiro atoms. The lowest BCUT2D eigenvalue weighted by Gasteiger charge is -2.28. The first-order valence-corrected chi connectivity index (χ1v) is 8.52. The van der Waals surface area contributed by atoms with Crippen LogP contribution in [0.3, 0.4) is 0 Å². The van der Waals surface area contributed by atoms with Gasteiger partial charge in [0.2, 0.25) is 0 Å². The maximum Gasteiger partial charge on any atom is 0.0631 e. The normalized spacial score (nSPS) is 27.0. The van der Waals surface area contributed by atoms with Crippen LogP contribution in [0.4, 0.5) is 0 Å². The molecule has 0 radical (unpaired) electrons. The van der Waals surface area contributed by atoms with Gasteiger partial charge in [-0.2, -0.15) is 5.10 Å². The summed E-state index contributed by atoms with van der Waals surface area (Å²) < 4.78 is 7.91. The molecule has 2 aliphatic rings. The van der Waals surface area contributed by atoms with Gasteiger partial charge in [0, 0.05) is 37.2 Å². The van der Waals surface area contributed by atoms with Gasteiger partial charge in [-0.1, -0.05) is 26.7 Å². The second-order valence-electron chi connectivity index (χ2n) is 7.24. The van der Waals surface area contributed by atoms with E-state index in [-0.39, 0.29) is 5.41 Å². The third-order valence-electron chi connectivity index (χ3n) is 4.99. The van der Waals surface area contributed by atoms with Crippen molar-refractivity contribution in [1.29, 1.82) is 0 Å². The standard InChI is InChI=1S/C17H29N3O/c1-14(2)18-12-17(8-10-21-13-17)11-15-7-9-20(19-15)16-5-3-4-6-16/h7,9,14,16,18H,3-6,8,10-13H2,1-2H3. The molecule has 4 heteroatoms. The van der Waals surface area contributed by atoms with Crippen molar-refractivity contribution in [1.82, 2.24) is 15.1 Å². The molecule has 21 heavy (non-hydrogen) atoms. The van der Waals surface area contributed by atoms with Gasteiger partial charge in [0.05, 0.1) is 18.3 Å². The molecule has 1 aliphatic carbocycles. The maximum absolute atomic E-state index is 5.70. The summed E-state index contributed by atoms with van der Waals surface area (Å²) in [5.74, 6) is 0. The van der Waals surface area contributed by atoms with Crippen molar-refractivity contribution < 1.29 is 4.74 Å². The molecule has 1 N–H and O–H groups in total. The molecule has 0 amide bonds. The van der Waals surface area contributed by atoms with Gasteiger partial charge in [-0.3, -0.25) is 4.68 Å². The number of hydrogen-bond acceptors (Lipinski definition) is 3. The van der Waals surface area contributed by atoms with Crippen molar-refractivity contribution in [3.8, 4) is 0 Å². The number of aromatic nitrogens is 2. The molecule has 4 nitrogen and oxygen atoms in total. The predicted molar refractivity (Wildman–Crippen MR) is 84.4 cm³/mol. The van der Waals surface area contributed by atoms with E-state index in [0.717, 1.165) is 32.6 Å². The van der Waals surface area contributed by atoms with Crippen molar-refractivity contribution in [2.75, 3.05) is 19.8 Å². The van der Waals surface area contributed by atoms with Crippen LogP contribution in [-0.4, -0.2) is 35.6 Å². The lowest BCUT2D eigenvalue weighted by atomic mass is 9.82. The van der Waals surface area contributed by atoms with Crippen LogP contribution in [0.1, 0.15) is 57.7 Å². The maximum atomic E-state index is 5.70. The molecule has 0 aromatic carbocycles. The molecule has 118 valence electrons. The van der Waals surface area contributed by atoms with E-state index in [4.69, 9.17) is 9.84 Å². The molecule has 1 saturated heterocycles. The summed E-state index contributed by atoms with van der Waals surface area (Å²) in [6.07, 6.45) is 9.67. The van der Waals surface area contributed by atoms with Gasteiger partial charge in [-0.05, 0) is 25.3 Å². The Morgan fingerprint density at radius 2 is 2.24 bits per heavy atom. The van der Waals surface area contributed by atoms with Gasteiger partial charge in [0.25, 0.3) is 0 Å². The quantitative estimate of drug-likeness (QED) is 0.876. The topological polar surface area (TPSA) is 39.1 Å². The van der Waals surface area contributed by atoms with Gasteiger partial charge in [0.1, 0.15) is 0 Å². The summed E-state index contributed by atoms with van der Waals surface area (Å²) in [5.41, 5.74) is 1.47. The molecular weight excluding hydrogens is 262 g/mol. The van der Waals surface area contributed by atoms with E-state index < -0.39 is 0 Å². The summed E-state index contributed by atoms with van der Waals surface area (Å²) in [4.78, 5) is 0. The summed E-state index contributed by atoms with van der Waals surface area (Å²) in [6, 6.07) is 3.38. The highest BCUT2D eigenvalue weighted by Gasteiger charge is 2.35. The van der Waals surface area contributed by atoms with Gasteiger partial charge < -0.3 is 10.1 Å². The van der Waals surface area contributed by atoms with Crippen molar-refractivity contribution in [2.24, 2.45) is 5.41 Å². The monoisotopic (exact) mass is 291 g/mol. The zero-order chi connectivity index (χ0) is 14.7. The summed E-state index contributed by atoms with van der Waals surface area (Å²) in [5, 5.41) is 8.46. The number of nitrogens with zero attached hydrogens (tertiary/aromatic N) is 2. The number of hydrogen-bond donors (Lipinski definition) is 1. The molecule has 1 aromatic heterocycles. The van der Waals surface area contributed by atoms with Crippen LogP contribution in [0.2, 0.25) is 0 Å². The number of rotatable bonds is 6. The molecule has 0 bridgehead atoms. The van der Waals surface area contributed by atoms with Gasteiger partial charge in [-0.25, -0.2) is 0 Å². The van der Waals surface area contributed by atoms with E-state index in [0.29, 0.717) is 12.1 Å². The second kappa shape index (κ2) is 6.49. The van der Waals surface area contributed by atoms with Crippen molar-refractivity contribution in [2.45, 2.75) is 64.5 Å². The molecule has 1 saturated carbocycles. The van der Waals surface area contributed by atoms with Crippen LogP contribution in [-0.2, 0) is 11.2 Å². The van der Waals surface area contributed by atoms with Crippen LogP contribution < -0.4 is 5.32 Å². The van der Waals surface area contributed by atoms with E-state index >= 15 is 0 Å². The third kappa shape index (κ3) is 3.67. The van der Waals surface area contributed by atoms with Crippen LogP contribution in [0.25, 0.3) is 0 Å². The molecule has 2 fully saturated rings. The lowest BCUT2D eigenvalue weighted by Crippen LogP contribution is -2.39. The number of ether oxygens (including phenoxy) is 1. The predicted octanol–water partition coefficient (Wildman–Crippen LogP) is 2.95. The molecule has 3 rings (SSSR count). The van der Waals surface area contributed by atoms with E-state index in [1.165, 1.54) is 31.4 Å². The van der Waals surface area contributed by atoms with Crippen LogP contribution in [0.15, 0.2) is 12.3 Å². The minimum atomic E-state index is 0.235. The van der Waals surface area contributed by atoms with Crippen LogP contribution in [0, 0.1) is 5.41 Å². The first kappa shape index (κ1) is 15.0. The summed E-state index contributed by atoms with van der Waals surface area (Å²) in [7, 11) is 0. The van der Waals surface area contributed by atoms with E-state index in [2.05, 4.69) is 36.1 Å². The Morgan fingerprint density at radius 1 is 1.43 bits per heavy atom. The first-order valence-electron chi connectivity index (χ1n) is 8.52. The first-order chi connectivity index (χ1) is 10.2. The van der Waals surface area contributed by atoms with Crippen molar-refractivity contribution >= 4 is 0 Å². The average molecular weight is 291 g/mol. The minimum absolute atomic E-state index is 0.235. The molecule has 1 aliphatic heterocycles. The highest BCUT2D eigenvalue weighted by molar-refractivity contribution is 5.06. The zero-order valence-electron chi connectivity index (χ0n) is 13.5. The van der Waals surface area contributed by atoms with Crippen LogP contribution >= 0.6 is 0 Å². The molecule has 2 heterocycles. The van der Waals surface area contributed by atoms with E-state index in [1.807, 2.05) is 0 Å². The lowest BCUT2D eigenvalue weighted by molar-refractivity contribution is 0.147. The van der Waals surface area contributed by atoms with Gasteiger partial charge in [0.15, 0.2) is 0 Å². The third-order valence-corrected chi connectivity index (χ3v) is 4.99. The average Bonchev–Trinajstić information content (AvgIpc) is 3.18. The van der Waals surface area contributed by atoms with Gasteiger partial charge in [-0.15, -0.1) is 0 Å². The number of nitrogens with one attached hydrogen (secondary N) is 1. The minimum Gasteiger partial charge on any atom is -0.381 e. The summed E-state index contributed by atoms with van der Waals surface area (Å²) >= 11 is 0. The Kier molecular flexibility index (Phi) is 4.65. The van der Waals surface area contributed by atoms with Crippen LogP contribution in [0.5, 0.6) is 0 Å². The Hall–Kier alpha value is -0.870. The Balaban J connectivity index is 1.65. The van der Waals surface area contributed by atoms with E-state index in [1.54, 1.807) is 0 Å².